The van der Waals surface area contributed by atoms with Crippen LogP contribution in [0.25, 0.3) is 0 Å². The molecule has 0 aromatic carbocycles. The van der Waals surface area contributed by atoms with Crippen LogP contribution in [0.15, 0.2) is 0 Å². The van der Waals surface area contributed by atoms with Crippen molar-refractivity contribution in [3.8, 4) is 0 Å². The van der Waals surface area contributed by atoms with Crippen LogP contribution in [0.4, 0.5) is 4.79 Å². The molecule has 2 rings (SSSR count). The van der Waals surface area contributed by atoms with Gasteiger partial charge in [-0.25, -0.2) is 4.79 Å². The first kappa shape index (κ1) is 9.13. The Balaban J connectivity index is 1.91. The second kappa shape index (κ2) is 3.37. The number of fused-ring (bicyclic) bond motifs is 2. The molecule has 4 heteroatoms. The van der Waals surface area contributed by atoms with Gasteiger partial charge in [0.05, 0.1) is 0 Å². The number of hydrogen-bond donors (Lipinski definition) is 1. The van der Waals surface area contributed by atoms with Crippen LogP contribution < -0.4 is 0 Å². The number of rotatable bonds is 2. The molecule has 0 radical (unpaired) electrons. The zero-order valence-corrected chi connectivity index (χ0v) is 8.04. The molecule has 0 saturated heterocycles. The van der Waals surface area contributed by atoms with Crippen molar-refractivity contribution in [1.82, 2.24) is 0 Å². The minimum Gasteiger partial charge on any atom is -0.450 e. The summed E-state index contributed by atoms with van der Waals surface area (Å²) in [7, 11) is 0. The van der Waals surface area contributed by atoms with Crippen molar-refractivity contribution in [3.05, 3.63) is 0 Å². The van der Waals surface area contributed by atoms with Crippen LogP contribution in [0.1, 0.15) is 25.7 Å². The molecule has 0 aromatic rings. The monoisotopic (exact) mass is 204 g/mol. The maximum atomic E-state index is 10.3. The molecule has 3 nitrogen and oxygen atoms in total. The summed E-state index contributed by atoms with van der Waals surface area (Å²) in [5.41, 5.74) is -0.632. The van der Waals surface area contributed by atoms with E-state index in [1.54, 1.807) is 0 Å². The third kappa shape index (κ3) is 1.75. The molecule has 4 atom stereocenters. The molecular weight excluding hydrogens is 192 g/mol. The lowest BCUT2D eigenvalue weighted by Crippen LogP contribution is -2.25. The molecule has 0 aliphatic heterocycles. The smallest absolute Gasteiger partial charge is 0.450 e. The highest BCUT2D eigenvalue weighted by molar-refractivity contribution is 6.20. The Morgan fingerprint density at radius 3 is 2.69 bits per heavy atom. The van der Waals surface area contributed by atoms with Gasteiger partial charge in [0.1, 0.15) is 0 Å². The molecule has 13 heavy (non-hydrogen) atoms. The quantitative estimate of drug-likeness (QED) is 0.556. The molecule has 74 valence electrons. The average Bonchev–Trinajstić information content (AvgIpc) is 2.62. The number of halogens is 1. The third-order valence-electron chi connectivity index (χ3n) is 3.34. The minimum atomic E-state index is -1.26. The van der Waals surface area contributed by atoms with Gasteiger partial charge in [-0.05, 0) is 31.1 Å². The second-order valence-electron chi connectivity index (χ2n) is 4.07. The highest BCUT2D eigenvalue weighted by Gasteiger charge is 2.43. The van der Waals surface area contributed by atoms with Crippen molar-refractivity contribution in [2.45, 2.75) is 31.2 Å². The topological polar surface area (TPSA) is 46.5 Å². The fourth-order valence-electron chi connectivity index (χ4n) is 2.80. The number of carboxylic acid groups (broad SMARTS) is 1. The van der Waals surface area contributed by atoms with E-state index in [1.807, 2.05) is 0 Å². The predicted molar refractivity (Wildman–Crippen MR) is 47.7 cm³/mol. The van der Waals surface area contributed by atoms with Crippen LogP contribution in [0, 0.1) is 17.8 Å². The van der Waals surface area contributed by atoms with Crippen LogP contribution in [-0.4, -0.2) is 16.8 Å². The highest BCUT2D eigenvalue weighted by Crippen LogP contribution is 2.50. The number of hydrogen-bond acceptors (Lipinski definition) is 2. The van der Waals surface area contributed by atoms with Gasteiger partial charge in [-0.15, -0.1) is 0 Å². The van der Waals surface area contributed by atoms with Gasteiger partial charge >= 0.3 is 6.16 Å². The van der Waals surface area contributed by atoms with Gasteiger partial charge in [-0.1, -0.05) is 18.0 Å². The molecule has 0 heterocycles. The van der Waals surface area contributed by atoms with E-state index in [1.165, 1.54) is 19.3 Å². The van der Waals surface area contributed by atoms with E-state index in [0.717, 1.165) is 12.3 Å². The Bertz CT molecular complexity index is 219. The fraction of sp³-hybridized carbons (Fsp3) is 0.889. The Labute approximate surface area is 82.0 Å². The molecule has 2 saturated carbocycles. The lowest BCUT2D eigenvalue weighted by molar-refractivity contribution is 0.0483. The lowest BCUT2D eigenvalue weighted by Gasteiger charge is -2.24. The molecule has 0 amide bonds. The molecule has 2 aliphatic rings. The first-order valence-corrected chi connectivity index (χ1v) is 5.14. The zero-order valence-electron chi connectivity index (χ0n) is 7.28. The molecule has 1 unspecified atom stereocenters. The average molecular weight is 205 g/mol. The van der Waals surface area contributed by atoms with Crippen LogP contribution >= 0.6 is 11.6 Å². The van der Waals surface area contributed by atoms with E-state index in [2.05, 4.69) is 4.74 Å². The van der Waals surface area contributed by atoms with Crippen LogP contribution in [-0.2, 0) is 4.74 Å². The van der Waals surface area contributed by atoms with E-state index in [0.29, 0.717) is 5.92 Å². The van der Waals surface area contributed by atoms with Crippen molar-refractivity contribution in [1.29, 1.82) is 0 Å². The minimum absolute atomic E-state index is 0.261. The van der Waals surface area contributed by atoms with Crippen LogP contribution in [0.2, 0.25) is 0 Å². The summed E-state index contributed by atoms with van der Waals surface area (Å²) in [6.45, 7) is 0. The normalized spacial score (nSPS) is 39.0. The van der Waals surface area contributed by atoms with Gasteiger partial charge in [-0.2, -0.15) is 0 Å². The largest absolute Gasteiger partial charge is 0.507 e. The van der Waals surface area contributed by atoms with E-state index in [9.17, 15) is 4.79 Å². The van der Waals surface area contributed by atoms with Crippen molar-refractivity contribution < 1.29 is 14.6 Å². The Morgan fingerprint density at radius 2 is 2.23 bits per heavy atom. The van der Waals surface area contributed by atoms with E-state index in [4.69, 9.17) is 16.7 Å². The Hall–Kier alpha value is -0.440. The molecule has 0 aromatic heterocycles. The Morgan fingerprint density at radius 1 is 1.46 bits per heavy atom. The molecule has 2 bridgehead atoms. The van der Waals surface area contributed by atoms with Crippen molar-refractivity contribution in [2.24, 2.45) is 17.8 Å². The summed E-state index contributed by atoms with van der Waals surface area (Å²) in [5, 5.41) is 8.41. The summed E-state index contributed by atoms with van der Waals surface area (Å²) >= 11 is 5.87. The van der Waals surface area contributed by atoms with Gasteiger partial charge in [0.2, 0.25) is 0 Å². The molecule has 2 fully saturated rings. The van der Waals surface area contributed by atoms with Crippen molar-refractivity contribution in [3.63, 3.8) is 0 Å². The maximum absolute atomic E-state index is 10.3. The van der Waals surface area contributed by atoms with E-state index in [-0.39, 0.29) is 5.92 Å². The van der Waals surface area contributed by atoms with Crippen molar-refractivity contribution in [2.75, 3.05) is 0 Å². The number of alkyl halides is 1. The molecule has 0 spiro atoms. The SMILES string of the molecule is O=C(O)O[C@H](Cl)[C@H]1C[C@H]2CCC1C2. The second-order valence-corrected chi connectivity index (χ2v) is 4.50. The molecule has 2 aliphatic carbocycles. The van der Waals surface area contributed by atoms with Crippen molar-refractivity contribution >= 4 is 17.8 Å². The predicted octanol–water partition coefficient (Wildman–Crippen LogP) is 2.68. The van der Waals surface area contributed by atoms with Gasteiger partial charge in [-0.3, -0.25) is 0 Å². The summed E-state index contributed by atoms with van der Waals surface area (Å²) in [6.07, 6.45) is 3.49. The van der Waals surface area contributed by atoms with Gasteiger partial charge < -0.3 is 9.84 Å². The maximum Gasteiger partial charge on any atom is 0.507 e. The zero-order chi connectivity index (χ0) is 9.42. The summed E-state index contributed by atoms with van der Waals surface area (Å²) in [4.78, 5) is 10.3. The number of carbonyl (C=O) groups is 1. The first-order chi connectivity index (χ1) is 6.16. The van der Waals surface area contributed by atoms with E-state index >= 15 is 0 Å². The van der Waals surface area contributed by atoms with Crippen LogP contribution in [0.5, 0.6) is 0 Å². The van der Waals surface area contributed by atoms with Gasteiger partial charge in [0.15, 0.2) is 5.56 Å². The van der Waals surface area contributed by atoms with E-state index < -0.39 is 11.7 Å². The first-order valence-electron chi connectivity index (χ1n) is 4.70. The lowest BCUT2D eigenvalue weighted by atomic mass is 9.89. The number of ether oxygens (including phenoxy) is 1. The van der Waals surface area contributed by atoms with Gasteiger partial charge in [0.25, 0.3) is 0 Å². The molecular formula is C9H13ClO3. The summed E-state index contributed by atoms with van der Waals surface area (Å²) in [5.74, 6) is 1.64. The highest BCUT2D eigenvalue weighted by atomic mass is 35.5. The fourth-order valence-corrected chi connectivity index (χ4v) is 3.18. The molecule has 1 N–H and O–H groups in total. The van der Waals surface area contributed by atoms with Gasteiger partial charge in [0, 0.05) is 5.92 Å². The summed E-state index contributed by atoms with van der Waals surface area (Å²) in [6, 6.07) is 0. The third-order valence-corrected chi connectivity index (χ3v) is 3.76. The standard InChI is InChI=1S/C9H13ClO3/c10-8(13-9(11)12)7-4-5-1-2-6(7)3-5/h5-8H,1-4H2,(H,11,12)/t5-,6?,7-,8-/m0/s1. The Kier molecular flexibility index (Phi) is 2.37. The summed E-state index contributed by atoms with van der Waals surface area (Å²) < 4.78 is 4.57. The van der Waals surface area contributed by atoms with Crippen LogP contribution in [0.3, 0.4) is 0 Å².